The van der Waals surface area contributed by atoms with Crippen molar-refractivity contribution in [1.82, 2.24) is 10.3 Å². The topological polar surface area (TPSA) is 42.0 Å². The molecule has 1 N–H and O–H groups in total. The van der Waals surface area contributed by atoms with Crippen LogP contribution in [0.5, 0.6) is 0 Å². The minimum atomic E-state index is 0.193. The minimum absolute atomic E-state index is 0.193. The van der Waals surface area contributed by atoms with Crippen molar-refractivity contribution in [3.63, 3.8) is 0 Å². The van der Waals surface area contributed by atoms with Crippen LogP contribution in [0.3, 0.4) is 0 Å². The van der Waals surface area contributed by atoms with E-state index in [1.165, 1.54) is 31.2 Å². The Kier molecular flexibility index (Phi) is 5.18. The maximum Gasteiger partial charge on any atom is 0.220 e. The van der Waals surface area contributed by atoms with Gasteiger partial charge in [0.2, 0.25) is 5.91 Å². The first-order valence-corrected chi connectivity index (χ1v) is 7.03. The van der Waals surface area contributed by atoms with Crippen LogP contribution in [0.1, 0.15) is 50.5 Å². The Morgan fingerprint density at radius 1 is 1.17 bits per heavy atom. The molecule has 1 aromatic rings. The summed E-state index contributed by atoms with van der Waals surface area (Å²) in [6.07, 6.45) is 12.4. The summed E-state index contributed by atoms with van der Waals surface area (Å²) >= 11 is 0. The van der Waals surface area contributed by atoms with Crippen LogP contribution in [-0.2, 0) is 11.2 Å². The summed E-state index contributed by atoms with van der Waals surface area (Å²) in [4.78, 5) is 15.8. The van der Waals surface area contributed by atoms with Gasteiger partial charge in [0, 0.05) is 24.9 Å². The van der Waals surface area contributed by atoms with Gasteiger partial charge in [-0.15, -0.1) is 0 Å². The number of nitrogens with one attached hydrogen (secondary N) is 1. The highest BCUT2D eigenvalue weighted by Gasteiger charge is 2.14. The molecule has 18 heavy (non-hydrogen) atoms. The monoisotopic (exact) mass is 246 g/mol. The zero-order chi connectivity index (χ0) is 12.6. The maximum absolute atomic E-state index is 11.9. The summed E-state index contributed by atoms with van der Waals surface area (Å²) in [5, 5.41) is 3.17. The lowest BCUT2D eigenvalue weighted by molar-refractivity contribution is -0.121. The zero-order valence-electron chi connectivity index (χ0n) is 10.9. The summed E-state index contributed by atoms with van der Waals surface area (Å²) in [7, 11) is 0. The van der Waals surface area contributed by atoms with Gasteiger partial charge in [0.15, 0.2) is 0 Å². The van der Waals surface area contributed by atoms with E-state index in [4.69, 9.17) is 0 Å². The summed E-state index contributed by atoms with van der Waals surface area (Å²) < 4.78 is 0. The van der Waals surface area contributed by atoms with Crippen molar-refractivity contribution in [2.24, 2.45) is 0 Å². The van der Waals surface area contributed by atoms with Gasteiger partial charge in [0.1, 0.15) is 0 Å². The Morgan fingerprint density at radius 3 is 2.50 bits per heavy atom. The number of hydrogen-bond donors (Lipinski definition) is 1. The number of pyridine rings is 1. The molecule has 0 bridgehead atoms. The Balaban J connectivity index is 1.71. The van der Waals surface area contributed by atoms with Gasteiger partial charge in [0.25, 0.3) is 0 Å². The predicted octanol–water partition coefficient (Wildman–Crippen LogP) is 2.85. The fourth-order valence-electron chi connectivity index (χ4n) is 2.53. The van der Waals surface area contributed by atoms with Crippen LogP contribution in [0.25, 0.3) is 0 Å². The molecule has 1 saturated carbocycles. The first-order valence-electron chi connectivity index (χ1n) is 7.03. The molecule has 2 rings (SSSR count). The van der Waals surface area contributed by atoms with Crippen molar-refractivity contribution in [2.45, 2.75) is 57.4 Å². The number of hydrogen-bond acceptors (Lipinski definition) is 2. The molecule has 0 aromatic carbocycles. The fraction of sp³-hybridized carbons (Fsp3) is 0.600. The molecular weight excluding hydrogens is 224 g/mol. The molecule has 0 atom stereocenters. The van der Waals surface area contributed by atoms with Crippen molar-refractivity contribution in [1.29, 1.82) is 0 Å². The van der Waals surface area contributed by atoms with Gasteiger partial charge in [-0.3, -0.25) is 9.78 Å². The molecule has 0 radical (unpaired) electrons. The van der Waals surface area contributed by atoms with Crippen LogP contribution in [-0.4, -0.2) is 16.9 Å². The number of rotatable bonds is 4. The summed E-state index contributed by atoms with van der Waals surface area (Å²) in [6, 6.07) is 4.36. The molecular formula is C15H22N2O. The van der Waals surface area contributed by atoms with Crippen molar-refractivity contribution in [2.75, 3.05) is 0 Å². The highest BCUT2D eigenvalue weighted by atomic mass is 16.1. The van der Waals surface area contributed by atoms with Gasteiger partial charge in [-0.25, -0.2) is 0 Å². The number of amides is 1. The van der Waals surface area contributed by atoms with Crippen LogP contribution >= 0.6 is 0 Å². The summed E-state index contributed by atoms with van der Waals surface area (Å²) in [5.74, 6) is 0.193. The van der Waals surface area contributed by atoms with E-state index in [1.54, 1.807) is 12.4 Å². The van der Waals surface area contributed by atoms with E-state index in [1.807, 2.05) is 12.1 Å². The molecule has 0 saturated heterocycles. The molecule has 0 spiro atoms. The Bertz CT molecular complexity index is 356. The van der Waals surface area contributed by atoms with Gasteiger partial charge in [-0.1, -0.05) is 25.7 Å². The smallest absolute Gasteiger partial charge is 0.220 e. The lowest BCUT2D eigenvalue weighted by Crippen LogP contribution is -2.34. The largest absolute Gasteiger partial charge is 0.353 e. The molecule has 1 heterocycles. The maximum atomic E-state index is 11.9. The number of carbonyl (C=O) groups excluding carboxylic acids is 1. The van der Waals surface area contributed by atoms with Crippen LogP contribution in [0, 0.1) is 0 Å². The Labute approximate surface area is 109 Å². The quantitative estimate of drug-likeness (QED) is 0.830. The molecule has 0 aliphatic heterocycles. The number of nitrogens with zero attached hydrogens (tertiary/aromatic N) is 1. The van der Waals surface area contributed by atoms with E-state index >= 15 is 0 Å². The first-order chi connectivity index (χ1) is 8.84. The van der Waals surface area contributed by atoms with Crippen molar-refractivity contribution < 1.29 is 4.79 Å². The van der Waals surface area contributed by atoms with Gasteiger partial charge in [-0.05, 0) is 37.0 Å². The van der Waals surface area contributed by atoms with E-state index in [9.17, 15) is 4.79 Å². The SMILES string of the molecule is O=C(CCc1ccncc1)NC1CCCCCC1. The third-order valence-corrected chi connectivity index (χ3v) is 3.61. The molecule has 98 valence electrons. The first kappa shape index (κ1) is 13.1. The van der Waals surface area contributed by atoms with Crippen LogP contribution < -0.4 is 5.32 Å². The van der Waals surface area contributed by atoms with E-state index in [0.717, 1.165) is 19.3 Å². The Hall–Kier alpha value is -1.38. The standard InChI is InChI=1S/C15H22N2O/c18-15(8-7-13-9-11-16-12-10-13)17-14-5-3-1-2-4-6-14/h9-12,14H,1-8H2,(H,17,18). The highest BCUT2D eigenvalue weighted by molar-refractivity contribution is 5.76. The number of carbonyl (C=O) groups is 1. The normalized spacial score (nSPS) is 17.1. The van der Waals surface area contributed by atoms with Crippen LogP contribution in [0.2, 0.25) is 0 Å². The van der Waals surface area contributed by atoms with Crippen molar-refractivity contribution in [3.8, 4) is 0 Å². The summed E-state index contributed by atoms with van der Waals surface area (Å²) in [5.41, 5.74) is 1.18. The molecule has 1 aromatic heterocycles. The lowest BCUT2D eigenvalue weighted by atomic mass is 10.1. The molecule has 1 fully saturated rings. The third kappa shape index (κ3) is 4.47. The van der Waals surface area contributed by atoms with Crippen molar-refractivity contribution in [3.05, 3.63) is 30.1 Å². The highest BCUT2D eigenvalue weighted by Crippen LogP contribution is 2.17. The van der Waals surface area contributed by atoms with Gasteiger partial charge < -0.3 is 5.32 Å². The number of aryl methyl sites for hydroxylation is 1. The number of aromatic nitrogens is 1. The van der Waals surface area contributed by atoms with Crippen LogP contribution in [0.15, 0.2) is 24.5 Å². The van der Waals surface area contributed by atoms with Crippen molar-refractivity contribution >= 4 is 5.91 Å². The Morgan fingerprint density at radius 2 is 1.83 bits per heavy atom. The molecule has 3 heteroatoms. The van der Waals surface area contributed by atoms with E-state index in [-0.39, 0.29) is 5.91 Å². The third-order valence-electron chi connectivity index (χ3n) is 3.61. The second-order valence-electron chi connectivity index (χ2n) is 5.11. The second kappa shape index (κ2) is 7.14. The minimum Gasteiger partial charge on any atom is -0.353 e. The lowest BCUT2D eigenvalue weighted by Gasteiger charge is -2.16. The van der Waals surface area contributed by atoms with E-state index in [2.05, 4.69) is 10.3 Å². The predicted molar refractivity (Wildman–Crippen MR) is 72.2 cm³/mol. The van der Waals surface area contributed by atoms with Gasteiger partial charge in [0.05, 0.1) is 0 Å². The van der Waals surface area contributed by atoms with E-state index in [0.29, 0.717) is 12.5 Å². The molecule has 1 aliphatic rings. The molecule has 0 unspecified atom stereocenters. The molecule has 1 amide bonds. The molecule has 3 nitrogen and oxygen atoms in total. The summed E-state index contributed by atoms with van der Waals surface area (Å²) in [6.45, 7) is 0. The average Bonchev–Trinajstić information content (AvgIpc) is 2.66. The van der Waals surface area contributed by atoms with Gasteiger partial charge in [-0.2, -0.15) is 0 Å². The molecule has 1 aliphatic carbocycles. The second-order valence-corrected chi connectivity index (χ2v) is 5.11. The zero-order valence-corrected chi connectivity index (χ0v) is 10.9. The van der Waals surface area contributed by atoms with E-state index < -0.39 is 0 Å². The van der Waals surface area contributed by atoms with Gasteiger partial charge >= 0.3 is 0 Å². The fourth-order valence-corrected chi connectivity index (χ4v) is 2.53. The van der Waals surface area contributed by atoms with Crippen LogP contribution in [0.4, 0.5) is 0 Å². The average molecular weight is 246 g/mol.